The minimum atomic E-state index is -1.27. The predicted molar refractivity (Wildman–Crippen MR) is 152 cm³/mol. The first-order chi connectivity index (χ1) is 17.1. The Bertz CT molecular complexity index is 1110. The third kappa shape index (κ3) is 7.00. The van der Waals surface area contributed by atoms with Crippen molar-refractivity contribution in [3.63, 3.8) is 0 Å². The highest BCUT2D eigenvalue weighted by molar-refractivity contribution is 7.97. The average molecular weight is 505 g/mol. The highest BCUT2D eigenvalue weighted by Crippen LogP contribution is 2.37. The van der Waals surface area contributed by atoms with Gasteiger partial charge in [-0.25, -0.2) is 0 Å². The molecule has 1 unspecified atom stereocenters. The molecule has 0 aliphatic heterocycles. The van der Waals surface area contributed by atoms with Crippen LogP contribution in [0.1, 0.15) is 82.6 Å². The van der Waals surface area contributed by atoms with Gasteiger partial charge in [-0.1, -0.05) is 68.4 Å². The summed E-state index contributed by atoms with van der Waals surface area (Å²) in [5.41, 5.74) is 3.30. The lowest BCUT2D eigenvalue weighted by molar-refractivity contribution is -0.107. The summed E-state index contributed by atoms with van der Waals surface area (Å²) in [6.07, 6.45) is 3.08. The molecule has 36 heavy (non-hydrogen) atoms. The van der Waals surface area contributed by atoms with Gasteiger partial charge < -0.3 is 10.0 Å². The van der Waals surface area contributed by atoms with Gasteiger partial charge in [-0.05, 0) is 93.3 Å². The summed E-state index contributed by atoms with van der Waals surface area (Å²) >= 11 is 1.57. The van der Waals surface area contributed by atoms with Gasteiger partial charge >= 0.3 is 0 Å². The number of benzene rings is 3. The molecule has 0 saturated carbocycles. The standard InChI is InChI=1S/C31H40N2O2S/c1-7-24(8-2)25-15-13-23(14-16-25)21-33(22-34)29-12-10-9-11-28(29)31(6,35)26-17-19-27(20-18-26)36-32-30(3,4)5/h9-20,22,24,32,35H,7-8,21H2,1-6H3. The second-order valence-corrected chi connectivity index (χ2v) is 11.4. The van der Waals surface area contributed by atoms with Crippen molar-refractivity contribution in [1.29, 1.82) is 0 Å². The van der Waals surface area contributed by atoms with E-state index in [1.54, 1.807) is 23.8 Å². The van der Waals surface area contributed by atoms with Crippen molar-refractivity contribution < 1.29 is 9.90 Å². The summed E-state index contributed by atoms with van der Waals surface area (Å²) in [6, 6.07) is 24.1. The Morgan fingerprint density at radius 3 is 2.08 bits per heavy atom. The van der Waals surface area contributed by atoms with E-state index in [1.807, 2.05) is 48.5 Å². The number of carbonyl (C=O) groups is 1. The fourth-order valence-electron chi connectivity index (χ4n) is 4.38. The first-order valence-corrected chi connectivity index (χ1v) is 13.6. The average Bonchev–Trinajstić information content (AvgIpc) is 2.87. The van der Waals surface area contributed by atoms with Crippen LogP contribution in [0, 0.1) is 0 Å². The van der Waals surface area contributed by atoms with E-state index in [1.165, 1.54) is 5.56 Å². The van der Waals surface area contributed by atoms with Gasteiger partial charge in [0, 0.05) is 16.0 Å². The molecular formula is C31H40N2O2S. The van der Waals surface area contributed by atoms with Gasteiger partial charge in [0.15, 0.2) is 0 Å². The molecule has 4 nitrogen and oxygen atoms in total. The Morgan fingerprint density at radius 2 is 1.53 bits per heavy atom. The van der Waals surface area contributed by atoms with Crippen LogP contribution in [0.5, 0.6) is 0 Å². The first-order valence-electron chi connectivity index (χ1n) is 12.8. The number of carbonyl (C=O) groups excluding carboxylic acids is 1. The predicted octanol–water partition coefficient (Wildman–Crippen LogP) is 7.40. The van der Waals surface area contributed by atoms with E-state index >= 15 is 0 Å². The van der Waals surface area contributed by atoms with Crippen LogP contribution in [0.15, 0.2) is 77.7 Å². The molecule has 0 aliphatic rings. The fraction of sp³-hybridized carbons (Fsp3) is 0.387. The topological polar surface area (TPSA) is 52.6 Å². The van der Waals surface area contributed by atoms with Crippen LogP contribution in [-0.2, 0) is 16.9 Å². The van der Waals surface area contributed by atoms with Crippen molar-refractivity contribution in [2.24, 2.45) is 0 Å². The molecule has 3 aromatic rings. The van der Waals surface area contributed by atoms with E-state index in [0.29, 0.717) is 23.7 Å². The van der Waals surface area contributed by atoms with Crippen LogP contribution >= 0.6 is 11.9 Å². The van der Waals surface area contributed by atoms with Crippen molar-refractivity contribution >= 4 is 24.0 Å². The van der Waals surface area contributed by atoms with Crippen LogP contribution in [0.2, 0.25) is 0 Å². The first kappa shape index (κ1) is 28.0. The lowest BCUT2D eigenvalue weighted by atomic mass is 9.86. The summed E-state index contributed by atoms with van der Waals surface area (Å²) < 4.78 is 3.41. The number of para-hydroxylation sites is 1. The molecule has 0 fully saturated rings. The zero-order chi connectivity index (χ0) is 26.3. The van der Waals surface area contributed by atoms with Crippen molar-refractivity contribution in [1.82, 2.24) is 4.72 Å². The van der Waals surface area contributed by atoms with E-state index < -0.39 is 5.60 Å². The zero-order valence-electron chi connectivity index (χ0n) is 22.4. The molecule has 1 amide bonds. The summed E-state index contributed by atoms with van der Waals surface area (Å²) in [4.78, 5) is 15.0. The number of anilines is 1. The third-order valence-electron chi connectivity index (χ3n) is 6.55. The minimum absolute atomic E-state index is 0.0000905. The van der Waals surface area contributed by atoms with Crippen LogP contribution in [0.25, 0.3) is 0 Å². The van der Waals surface area contributed by atoms with Crippen LogP contribution in [0.4, 0.5) is 5.69 Å². The Balaban J connectivity index is 1.84. The molecule has 1 atom stereocenters. The second-order valence-electron chi connectivity index (χ2n) is 10.6. The lowest BCUT2D eigenvalue weighted by Gasteiger charge is -2.30. The zero-order valence-corrected chi connectivity index (χ0v) is 23.2. The molecule has 192 valence electrons. The molecule has 0 spiro atoms. The van der Waals surface area contributed by atoms with Gasteiger partial charge in [0.25, 0.3) is 0 Å². The number of hydrogen-bond donors (Lipinski definition) is 2. The van der Waals surface area contributed by atoms with Gasteiger partial charge in [-0.2, -0.15) is 0 Å². The quantitative estimate of drug-likeness (QED) is 0.211. The van der Waals surface area contributed by atoms with E-state index in [-0.39, 0.29) is 5.54 Å². The Morgan fingerprint density at radius 1 is 0.917 bits per heavy atom. The van der Waals surface area contributed by atoms with Crippen LogP contribution < -0.4 is 9.62 Å². The van der Waals surface area contributed by atoms with Crippen molar-refractivity contribution in [2.75, 3.05) is 4.90 Å². The maximum atomic E-state index is 12.2. The molecule has 0 bridgehead atoms. The summed E-state index contributed by atoms with van der Waals surface area (Å²) in [7, 11) is 0. The van der Waals surface area contributed by atoms with E-state index in [0.717, 1.165) is 35.3 Å². The van der Waals surface area contributed by atoms with Gasteiger partial charge in [-0.3, -0.25) is 9.52 Å². The van der Waals surface area contributed by atoms with E-state index in [2.05, 4.69) is 63.6 Å². The third-order valence-corrected chi connectivity index (χ3v) is 7.77. The number of nitrogens with one attached hydrogen (secondary N) is 1. The maximum Gasteiger partial charge on any atom is 0.214 e. The highest BCUT2D eigenvalue weighted by atomic mass is 32.2. The van der Waals surface area contributed by atoms with Crippen molar-refractivity contribution in [2.45, 2.75) is 82.9 Å². The number of rotatable bonds is 11. The van der Waals surface area contributed by atoms with Crippen LogP contribution in [-0.4, -0.2) is 17.1 Å². The Labute approximate surface area is 221 Å². The van der Waals surface area contributed by atoms with Crippen molar-refractivity contribution in [3.8, 4) is 0 Å². The van der Waals surface area contributed by atoms with Gasteiger partial charge in [-0.15, -0.1) is 0 Å². The van der Waals surface area contributed by atoms with Gasteiger partial charge in [0.05, 0.1) is 12.2 Å². The molecule has 0 aliphatic carbocycles. The van der Waals surface area contributed by atoms with E-state index in [9.17, 15) is 9.90 Å². The minimum Gasteiger partial charge on any atom is -0.381 e. The number of aliphatic hydroxyl groups is 1. The molecule has 0 aromatic heterocycles. The Hall–Kier alpha value is -2.60. The smallest absolute Gasteiger partial charge is 0.214 e. The van der Waals surface area contributed by atoms with E-state index in [4.69, 9.17) is 0 Å². The Kier molecular flexibility index (Phi) is 9.40. The molecule has 2 N–H and O–H groups in total. The SMILES string of the molecule is CCC(CC)c1ccc(CN(C=O)c2ccccc2C(C)(O)c2ccc(SNC(C)(C)C)cc2)cc1. The largest absolute Gasteiger partial charge is 0.381 e. The summed E-state index contributed by atoms with van der Waals surface area (Å²) in [5, 5.41) is 11.7. The van der Waals surface area contributed by atoms with Crippen LogP contribution in [0.3, 0.4) is 0 Å². The molecule has 3 rings (SSSR count). The maximum absolute atomic E-state index is 12.2. The lowest BCUT2D eigenvalue weighted by Crippen LogP contribution is -2.30. The second kappa shape index (κ2) is 12.1. The highest BCUT2D eigenvalue weighted by Gasteiger charge is 2.30. The molecule has 3 aromatic carbocycles. The number of amides is 1. The molecule has 0 radical (unpaired) electrons. The molecule has 0 heterocycles. The van der Waals surface area contributed by atoms with Crippen molar-refractivity contribution in [3.05, 3.63) is 95.1 Å². The number of nitrogens with zero attached hydrogens (tertiary/aromatic N) is 1. The normalized spacial score (nSPS) is 13.4. The monoisotopic (exact) mass is 504 g/mol. The fourth-order valence-corrected chi connectivity index (χ4v) is 5.08. The summed E-state index contributed by atoms with van der Waals surface area (Å²) in [6.45, 7) is 13.0. The number of hydrogen-bond acceptors (Lipinski definition) is 4. The molecule has 0 saturated heterocycles. The van der Waals surface area contributed by atoms with Gasteiger partial charge in [0.1, 0.15) is 5.60 Å². The molecular weight excluding hydrogens is 464 g/mol. The molecule has 5 heteroatoms. The summed E-state index contributed by atoms with van der Waals surface area (Å²) in [5.74, 6) is 0.561. The van der Waals surface area contributed by atoms with Gasteiger partial charge in [0.2, 0.25) is 6.41 Å².